The van der Waals surface area contributed by atoms with Gasteiger partial charge in [-0.3, -0.25) is 0 Å². The van der Waals surface area contributed by atoms with Crippen molar-refractivity contribution >= 4 is 24.4 Å². The Morgan fingerprint density at radius 3 is 2.38 bits per heavy atom. The third-order valence-corrected chi connectivity index (χ3v) is 7.13. The lowest BCUT2D eigenvalue weighted by atomic mass is 9.97. The molecule has 0 amide bonds. The highest BCUT2D eigenvalue weighted by atomic mass is 32.2. The number of hydrogen-bond acceptors (Lipinski definition) is 5. The van der Waals surface area contributed by atoms with E-state index in [0.717, 1.165) is 32.1 Å². The Kier molecular flexibility index (Phi) is 11.6. The van der Waals surface area contributed by atoms with E-state index in [9.17, 15) is 0 Å². The summed E-state index contributed by atoms with van der Waals surface area (Å²) in [5, 5.41) is 7.42. The number of nitrogens with one attached hydrogen (secondary N) is 2. The molecule has 3 nitrogen and oxygen atoms in total. The van der Waals surface area contributed by atoms with Crippen molar-refractivity contribution in [2.75, 3.05) is 45.0 Å². The number of rotatable bonds is 13. The van der Waals surface area contributed by atoms with E-state index in [4.69, 9.17) is 12.6 Å². The third-order valence-electron chi connectivity index (χ3n) is 5.40. The van der Waals surface area contributed by atoms with E-state index in [1.807, 2.05) is 0 Å². The molecule has 0 aliphatic carbocycles. The molecule has 0 spiro atoms. The van der Waals surface area contributed by atoms with E-state index < -0.39 is 0 Å². The van der Waals surface area contributed by atoms with E-state index >= 15 is 0 Å². The highest BCUT2D eigenvalue weighted by molar-refractivity contribution is 8.00. The number of unbranched alkanes of at least 4 members (excludes halogenated alkanes) is 1. The fourth-order valence-corrected chi connectivity index (χ4v) is 4.67. The van der Waals surface area contributed by atoms with Crippen LogP contribution in [0.5, 0.6) is 0 Å². The van der Waals surface area contributed by atoms with Gasteiger partial charge in [-0.25, -0.2) is 0 Å². The molecule has 2 N–H and O–H groups in total. The molecule has 156 valence electrons. The Balaban J connectivity index is 2.27. The van der Waals surface area contributed by atoms with Crippen LogP contribution in [0.3, 0.4) is 0 Å². The minimum absolute atomic E-state index is 0.00165. The summed E-state index contributed by atoms with van der Waals surface area (Å²) < 4.78 is 0.320. The average Bonchev–Trinajstić information content (AvgIpc) is 2.54. The van der Waals surface area contributed by atoms with Crippen molar-refractivity contribution < 1.29 is 0 Å². The van der Waals surface area contributed by atoms with E-state index in [0.29, 0.717) is 10.8 Å². The lowest BCUT2D eigenvalue weighted by Crippen LogP contribution is -2.53. The Hall–Kier alpha value is 0.580. The minimum Gasteiger partial charge on any atom is -0.314 e. The predicted molar refractivity (Wildman–Crippen MR) is 124 cm³/mol. The highest BCUT2D eigenvalue weighted by Gasteiger charge is 2.28. The second kappa shape index (κ2) is 12.2. The van der Waals surface area contributed by atoms with Crippen LogP contribution in [0.15, 0.2) is 0 Å². The number of likely N-dealkylation sites (tertiary alicyclic amines) is 1. The normalized spacial score (nSPS) is 19.0. The first-order valence-corrected chi connectivity index (χ1v) is 12.1. The summed E-state index contributed by atoms with van der Waals surface area (Å²) in [6.07, 6.45) is 5.29. The topological polar surface area (TPSA) is 27.3 Å². The van der Waals surface area contributed by atoms with Crippen molar-refractivity contribution in [3.05, 3.63) is 0 Å². The van der Waals surface area contributed by atoms with Crippen molar-refractivity contribution in [1.29, 1.82) is 0 Å². The van der Waals surface area contributed by atoms with Gasteiger partial charge in [0.2, 0.25) is 0 Å². The van der Waals surface area contributed by atoms with Crippen LogP contribution in [0.4, 0.5) is 0 Å². The number of nitrogens with zero attached hydrogens (tertiary/aromatic N) is 1. The van der Waals surface area contributed by atoms with Crippen LogP contribution in [0.25, 0.3) is 0 Å². The molecule has 0 radical (unpaired) electrons. The van der Waals surface area contributed by atoms with Crippen molar-refractivity contribution in [3.63, 3.8) is 0 Å². The van der Waals surface area contributed by atoms with Gasteiger partial charge in [-0.15, -0.1) is 0 Å². The van der Waals surface area contributed by atoms with Gasteiger partial charge in [0.15, 0.2) is 0 Å². The van der Waals surface area contributed by atoms with Gasteiger partial charge in [0.05, 0.1) is 0 Å². The Morgan fingerprint density at radius 1 is 1.15 bits per heavy atom. The van der Waals surface area contributed by atoms with Gasteiger partial charge < -0.3 is 15.5 Å². The second-order valence-electron chi connectivity index (χ2n) is 9.28. The minimum atomic E-state index is -0.00165. The zero-order chi connectivity index (χ0) is 19.6. The van der Waals surface area contributed by atoms with E-state index in [1.165, 1.54) is 44.5 Å². The number of piperidine rings is 1. The first-order valence-electron chi connectivity index (χ1n) is 10.7. The second-order valence-corrected chi connectivity index (χ2v) is 12.2. The summed E-state index contributed by atoms with van der Waals surface area (Å²) in [5.41, 5.74) is 0. The highest BCUT2D eigenvalue weighted by Crippen LogP contribution is 2.24. The maximum atomic E-state index is 4.87. The fraction of sp³-hybridized carbons (Fsp3) is 1.00. The summed E-state index contributed by atoms with van der Waals surface area (Å²) >= 11 is 6.97. The fourth-order valence-electron chi connectivity index (χ4n) is 3.31. The SMILES string of the molecule is CCCCSC(C)(C)CNCCNC(CN1CCC(C)CC1)C(C)(C)S. The molecule has 0 aromatic heterocycles. The molecule has 1 unspecified atom stereocenters. The van der Waals surface area contributed by atoms with Crippen LogP contribution in [0, 0.1) is 5.92 Å². The number of thiol groups is 1. The molecule has 1 aliphatic rings. The Labute approximate surface area is 173 Å². The van der Waals surface area contributed by atoms with Gasteiger partial charge in [0, 0.05) is 41.7 Å². The van der Waals surface area contributed by atoms with E-state index in [-0.39, 0.29) is 4.75 Å². The van der Waals surface area contributed by atoms with Crippen LogP contribution >= 0.6 is 24.4 Å². The number of hydrogen-bond donors (Lipinski definition) is 3. The molecule has 1 aliphatic heterocycles. The van der Waals surface area contributed by atoms with E-state index in [1.54, 1.807) is 0 Å². The zero-order valence-electron chi connectivity index (χ0n) is 18.2. The van der Waals surface area contributed by atoms with E-state index in [2.05, 4.69) is 68.8 Å². The molecule has 1 fully saturated rings. The molecule has 0 bridgehead atoms. The van der Waals surface area contributed by atoms with Gasteiger partial charge in [0.25, 0.3) is 0 Å². The Bertz CT molecular complexity index is 361. The van der Waals surface area contributed by atoms with Crippen LogP contribution in [-0.4, -0.2) is 65.5 Å². The molecular weight excluding hydrogens is 358 g/mol. The maximum Gasteiger partial charge on any atom is 0.0335 e. The number of thioether (sulfide) groups is 1. The van der Waals surface area contributed by atoms with Crippen LogP contribution < -0.4 is 10.6 Å². The molecule has 0 saturated carbocycles. The summed E-state index contributed by atoms with van der Waals surface area (Å²) in [4.78, 5) is 2.62. The first-order chi connectivity index (χ1) is 12.1. The smallest absolute Gasteiger partial charge is 0.0335 e. The maximum absolute atomic E-state index is 4.87. The van der Waals surface area contributed by atoms with Crippen molar-refractivity contribution in [3.8, 4) is 0 Å². The molecular formula is C21H45N3S2. The summed E-state index contributed by atoms with van der Waals surface area (Å²) in [7, 11) is 0. The first kappa shape index (κ1) is 24.6. The van der Waals surface area contributed by atoms with Gasteiger partial charge >= 0.3 is 0 Å². The van der Waals surface area contributed by atoms with Crippen molar-refractivity contribution in [2.45, 2.75) is 82.8 Å². The largest absolute Gasteiger partial charge is 0.314 e. The molecule has 1 rings (SSSR count). The van der Waals surface area contributed by atoms with Crippen molar-refractivity contribution in [1.82, 2.24) is 15.5 Å². The predicted octanol–water partition coefficient (Wildman–Crippen LogP) is 4.29. The van der Waals surface area contributed by atoms with Gasteiger partial charge in [-0.2, -0.15) is 24.4 Å². The standard InChI is InChI=1S/C21H45N3S2/c1-7-8-15-26-20(3,4)17-22-11-12-23-19(21(5,6)25)16-24-13-9-18(2)10-14-24/h18-19,22-23,25H,7-17H2,1-6H3. The molecule has 26 heavy (non-hydrogen) atoms. The van der Waals surface area contributed by atoms with Gasteiger partial charge in [0.1, 0.15) is 0 Å². The molecule has 1 saturated heterocycles. The molecule has 0 aromatic rings. The summed E-state index contributed by atoms with van der Waals surface area (Å²) in [5.74, 6) is 2.16. The molecule has 0 aromatic carbocycles. The summed E-state index contributed by atoms with van der Waals surface area (Å²) in [6.45, 7) is 20.5. The van der Waals surface area contributed by atoms with Gasteiger partial charge in [-0.05, 0) is 71.7 Å². The average molecular weight is 404 g/mol. The summed E-state index contributed by atoms with van der Waals surface area (Å²) in [6, 6.07) is 0.424. The monoisotopic (exact) mass is 403 g/mol. The van der Waals surface area contributed by atoms with Crippen LogP contribution in [0.2, 0.25) is 0 Å². The zero-order valence-corrected chi connectivity index (χ0v) is 19.9. The lowest BCUT2D eigenvalue weighted by Gasteiger charge is -2.38. The van der Waals surface area contributed by atoms with Gasteiger partial charge in [-0.1, -0.05) is 20.3 Å². The molecule has 1 atom stereocenters. The Morgan fingerprint density at radius 2 is 1.81 bits per heavy atom. The molecule has 1 heterocycles. The third kappa shape index (κ3) is 10.8. The van der Waals surface area contributed by atoms with Crippen molar-refractivity contribution in [2.24, 2.45) is 5.92 Å². The van der Waals surface area contributed by atoms with Crippen LogP contribution in [0.1, 0.15) is 67.2 Å². The quantitative estimate of drug-likeness (QED) is 0.316. The van der Waals surface area contributed by atoms with Crippen LogP contribution in [-0.2, 0) is 0 Å². The lowest BCUT2D eigenvalue weighted by molar-refractivity contribution is 0.167. The molecule has 5 heteroatoms.